The quantitative estimate of drug-likeness (QED) is 0.474. The third-order valence-corrected chi connectivity index (χ3v) is 7.83. The summed E-state index contributed by atoms with van der Waals surface area (Å²) in [6.07, 6.45) is 0. The molecule has 6 nitrogen and oxygen atoms in total. The SMILES string of the molecule is Cc1ccc(S(=O)(=O)N2CCN(c3ccc(-c4ccc5ccccc5c4)nn3)CC2)cc1. The summed E-state index contributed by atoms with van der Waals surface area (Å²) in [6.45, 7) is 3.94. The van der Waals surface area contributed by atoms with Crippen LogP contribution in [0.4, 0.5) is 5.82 Å². The van der Waals surface area contributed by atoms with Crippen LogP contribution in [0.5, 0.6) is 0 Å². The maximum atomic E-state index is 12.9. The van der Waals surface area contributed by atoms with E-state index in [0.717, 1.165) is 22.6 Å². The Morgan fingerprint density at radius 1 is 0.750 bits per heavy atom. The molecule has 3 aromatic carbocycles. The molecule has 1 aromatic heterocycles. The Balaban J connectivity index is 1.28. The lowest BCUT2D eigenvalue weighted by Gasteiger charge is -2.34. The molecule has 1 saturated heterocycles. The van der Waals surface area contributed by atoms with Gasteiger partial charge in [0.2, 0.25) is 10.0 Å². The molecular formula is C25H24N4O2S. The molecule has 1 aliphatic heterocycles. The highest BCUT2D eigenvalue weighted by atomic mass is 32.2. The van der Waals surface area contributed by atoms with Gasteiger partial charge in [-0.2, -0.15) is 4.31 Å². The van der Waals surface area contributed by atoms with Crippen LogP contribution in [-0.2, 0) is 10.0 Å². The van der Waals surface area contributed by atoms with Crippen LogP contribution in [0.2, 0.25) is 0 Å². The van der Waals surface area contributed by atoms with Crippen molar-refractivity contribution in [2.75, 3.05) is 31.1 Å². The Labute approximate surface area is 188 Å². The van der Waals surface area contributed by atoms with Crippen LogP contribution in [0.25, 0.3) is 22.0 Å². The van der Waals surface area contributed by atoms with E-state index in [1.54, 1.807) is 16.4 Å². The van der Waals surface area contributed by atoms with Gasteiger partial charge in [0.05, 0.1) is 10.6 Å². The van der Waals surface area contributed by atoms with Crippen LogP contribution >= 0.6 is 0 Å². The lowest BCUT2D eigenvalue weighted by atomic mass is 10.1. The second-order valence-corrected chi connectivity index (χ2v) is 9.98. The molecule has 0 amide bonds. The third-order valence-electron chi connectivity index (χ3n) is 5.92. The van der Waals surface area contributed by atoms with Gasteiger partial charge in [0.1, 0.15) is 0 Å². The Hall–Kier alpha value is -3.29. The number of hydrogen-bond donors (Lipinski definition) is 0. The van der Waals surface area contributed by atoms with Crippen molar-refractivity contribution in [3.8, 4) is 11.3 Å². The van der Waals surface area contributed by atoms with Crippen LogP contribution < -0.4 is 4.90 Å². The first-order chi connectivity index (χ1) is 15.5. The van der Waals surface area contributed by atoms with Crippen molar-refractivity contribution in [3.05, 3.63) is 84.4 Å². The number of anilines is 1. The van der Waals surface area contributed by atoms with Gasteiger partial charge < -0.3 is 4.90 Å². The topological polar surface area (TPSA) is 66.4 Å². The molecule has 5 rings (SSSR count). The Bertz CT molecular complexity index is 1350. The molecule has 162 valence electrons. The van der Waals surface area contributed by atoms with Crippen LogP contribution in [0.1, 0.15) is 5.56 Å². The number of nitrogens with zero attached hydrogens (tertiary/aromatic N) is 4. The smallest absolute Gasteiger partial charge is 0.243 e. The Morgan fingerprint density at radius 2 is 1.47 bits per heavy atom. The monoisotopic (exact) mass is 444 g/mol. The van der Waals surface area contributed by atoms with Crippen LogP contribution in [0.15, 0.2) is 83.8 Å². The molecule has 0 aliphatic carbocycles. The van der Waals surface area contributed by atoms with Crippen molar-refractivity contribution < 1.29 is 8.42 Å². The maximum Gasteiger partial charge on any atom is 0.243 e. The lowest BCUT2D eigenvalue weighted by Crippen LogP contribution is -2.49. The van der Waals surface area contributed by atoms with Gasteiger partial charge in [0.15, 0.2) is 5.82 Å². The molecule has 4 aromatic rings. The molecule has 0 unspecified atom stereocenters. The molecule has 32 heavy (non-hydrogen) atoms. The van der Waals surface area contributed by atoms with Crippen molar-refractivity contribution in [1.82, 2.24) is 14.5 Å². The van der Waals surface area contributed by atoms with Gasteiger partial charge in [-0.15, -0.1) is 10.2 Å². The van der Waals surface area contributed by atoms with E-state index in [1.807, 2.05) is 43.3 Å². The third kappa shape index (κ3) is 3.97. The molecule has 7 heteroatoms. The van der Waals surface area contributed by atoms with Crippen LogP contribution in [-0.4, -0.2) is 49.1 Å². The minimum atomic E-state index is -3.47. The molecule has 0 bridgehead atoms. The fourth-order valence-corrected chi connectivity index (χ4v) is 5.44. The van der Waals surface area contributed by atoms with Gasteiger partial charge in [-0.1, -0.05) is 54.1 Å². The molecule has 1 aliphatic rings. The van der Waals surface area contributed by atoms with Crippen LogP contribution in [0.3, 0.4) is 0 Å². The second-order valence-electron chi connectivity index (χ2n) is 8.04. The zero-order valence-electron chi connectivity index (χ0n) is 17.8. The van der Waals surface area contributed by atoms with Crippen molar-refractivity contribution in [1.29, 1.82) is 0 Å². The first-order valence-electron chi connectivity index (χ1n) is 10.7. The zero-order chi connectivity index (χ0) is 22.1. The highest BCUT2D eigenvalue weighted by Gasteiger charge is 2.29. The highest BCUT2D eigenvalue weighted by molar-refractivity contribution is 7.89. The van der Waals surface area contributed by atoms with Crippen molar-refractivity contribution in [2.45, 2.75) is 11.8 Å². The van der Waals surface area contributed by atoms with E-state index in [4.69, 9.17) is 0 Å². The number of sulfonamides is 1. The molecule has 0 saturated carbocycles. The van der Waals surface area contributed by atoms with Gasteiger partial charge in [0.25, 0.3) is 0 Å². The summed E-state index contributed by atoms with van der Waals surface area (Å²) in [5, 5.41) is 11.2. The molecule has 0 radical (unpaired) electrons. The van der Waals surface area contributed by atoms with Crippen molar-refractivity contribution in [3.63, 3.8) is 0 Å². The first kappa shape index (κ1) is 20.6. The fraction of sp³-hybridized carbons (Fsp3) is 0.200. The number of benzene rings is 3. The average molecular weight is 445 g/mol. The predicted molar refractivity (Wildman–Crippen MR) is 127 cm³/mol. The summed E-state index contributed by atoms with van der Waals surface area (Å²) in [6, 6.07) is 25.4. The van der Waals surface area contributed by atoms with Crippen molar-refractivity contribution >= 4 is 26.6 Å². The summed E-state index contributed by atoms with van der Waals surface area (Å²) >= 11 is 0. The largest absolute Gasteiger partial charge is 0.352 e. The summed E-state index contributed by atoms with van der Waals surface area (Å²) in [5.41, 5.74) is 2.89. The van der Waals surface area contributed by atoms with E-state index in [-0.39, 0.29) is 0 Å². The molecule has 0 N–H and O–H groups in total. The summed E-state index contributed by atoms with van der Waals surface area (Å²) < 4.78 is 27.4. The number of aryl methyl sites for hydroxylation is 1. The van der Waals surface area contributed by atoms with Gasteiger partial charge in [-0.25, -0.2) is 8.42 Å². The van der Waals surface area contributed by atoms with E-state index in [1.165, 1.54) is 10.8 Å². The first-order valence-corrected chi connectivity index (χ1v) is 12.1. The van der Waals surface area contributed by atoms with Gasteiger partial charge >= 0.3 is 0 Å². The summed E-state index contributed by atoms with van der Waals surface area (Å²) in [4.78, 5) is 2.43. The predicted octanol–water partition coefficient (Wildman–Crippen LogP) is 4.12. The van der Waals surface area contributed by atoms with Gasteiger partial charge in [0, 0.05) is 31.7 Å². The minimum absolute atomic E-state index is 0.344. The average Bonchev–Trinajstić information content (AvgIpc) is 2.84. The fourth-order valence-electron chi connectivity index (χ4n) is 4.01. The van der Waals surface area contributed by atoms with Gasteiger partial charge in [-0.05, 0) is 48.0 Å². The van der Waals surface area contributed by atoms with E-state index < -0.39 is 10.0 Å². The number of piperazine rings is 1. The van der Waals surface area contributed by atoms with Crippen LogP contribution in [0, 0.1) is 6.92 Å². The van der Waals surface area contributed by atoms with E-state index in [0.29, 0.717) is 31.1 Å². The number of hydrogen-bond acceptors (Lipinski definition) is 5. The number of fused-ring (bicyclic) bond motifs is 1. The second kappa shape index (κ2) is 8.33. The molecular weight excluding hydrogens is 420 g/mol. The lowest BCUT2D eigenvalue weighted by molar-refractivity contribution is 0.383. The number of aromatic nitrogens is 2. The summed E-state index contributed by atoms with van der Waals surface area (Å²) in [5.74, 6) is 0.766. The normalized spacial score (nSPS) is 15.2. The molecule has 0 atom stereocenters. The standard InChI is InChI=1S/C25H24N4O2S/c1-19-6-10-23(11-7-19)32(30,31)29-16-14-28(15-17-29)25-13-12-24(26-27-25)22-9-8-20-4-2-3-5-21(20)18-22/h2-13,18H,14-17H2,1H3. The van der Waals surface area contributed by atoms with E-state index in [2.05, 4.69) is 45.4 Å². The maximum absolute atomic E-state index is 12.9. The highest BCUT2D eigenvalue weighted by Crippen LogP contribution is 2.25. The van der Waals surface area contributed by atoms with Crippen molar-refractivity contribution in [2.24, 2.45) is 0 Å². The zero-order valence-corrected chi connectivity index (χ0v) is 18.7. The minimum Gasteiger partial charge on any atom is -0.352 e. The Kier molecular flexibility index (Phi) is 5.36. The molecule has 0 spiro atoms. The Morgan fingerprint density at radius 3 is 2.16 bits per heavy atom. The van der Waals surface area contributed by atoms with Gasteiger partial charge in [-0.3, -0.25) is 0 Å². The van der Waals surface area contributed by atoms with E-state index >= 15 is 0 Å². The molecule has 1 fully saturated rings. The molecule has 2 heterocycles. The summed E-state index contributed by atoms with van der Waals surface area (Å²) in [7, 11) is -3.47. The van der Waals surface area contributed by atoms with E-state index in [9.17, 15) is 8.42 Å². The number of rotatable bonds is 4.